The van der Waals surface area contributed by atoms with Gasteiger partial charge in [0.1, 0.15) is 0 Å². The van der Waals surface area contributed by atoms with Crippen LogP contribution in [-0.4, -0.2) is 23.7 Å². The molecular weight excluding hydrogens is 154 g/mol. The van der Waals surface area contributed by atoms with Gasteiger partial charge in [-0.05, 0) is 19.4 Å². The Bertz CT molecular complexity index is 171. The molecule has 0 aromatic carbocycles. The summed E-state index contributed by atoms with van der Waals surface area (Å²) >= 11 is 0. The van der Waals surface area contributed by atoms with Crippen LogP contribution in [0.2, 0.25) is 0 Å². The molecule has 3 nitrogen and oxygen atoms in total. The van der Waals surface area contributed by atoms with Crippen molar-refractivity contribution in [3.8, 4) is 0 Å². The second-order valence-electron chi connectivity index (χ2n) is 3.08. The standard InChI is InChI=1S/C9H15NO2/c11-9(12)6-3-5-8-4-1-2-7-10-8/h3,5,8,10H,1-2,4,6-7H2,(H,11,12)/b5-3+. The number of aliphatic carboxylic acids is 1. The number of piperidine rings is 1. The summed E-state index contributed by atoms with van der Waals surface area (Å²) < 4.78 is 0. The molecule has 0 aromatic heterocycles. The van der Waals surface area contributed by atoms with E-state index in [0.717, 1.165) is 13.0 Å². The maximum atomic E-state index is 10.2. The van der Waals surface area contributed by atoms with E-state index in [0.29, 0.717) is 6.04 Å². The number of carbonyl (C=O) groups is 1. The maximum absolute atomic E-state index is 10.2. The molecule has 1 rings (SSSR count). The number of hydrogen-bond acceptors (Lipinski definition) is 2. The van der Waals surface area contributed by atoms with Gasteiger partial charge >= 0.3 is 5.97 Å². The van der Waals surface area contributed by atoms with Gasteiger partial charge in [-0.1, -0.05) is 18.6 Å². The molecule has 1 heterocycles. The summed E-state index contributed by atoms with van der Waals surface area (Å²) in [5.41, 5.74) is 0. The summed E-state index contributed by atoms with van der Waals surface area (Å²) in [6, 6.07) is 0.401. The Morgan fingerprint density at radius 2 is 2.42 bits per heavy atom. The first kappa shape index (κ1) is 9.26. The summed E-state index contributed by atoms with van der Waals surface area (Å²) in [5, 5.41) is 11.7. The van der Waals surface area contributed by atoms with Crippen LogP contribution in [0.4, 0.5) is 0 Å². The zero-order chi connectivity index (χ0) is 8.81. The lowest BCUT2D eigenvalue weighted by Gasteiger charge is -2.19. The topological polar surface area (TPSA) is 49.3 Å². The predicted molar refractivity (Wildman–Crippen MR) is 47.0 cm³/mol. The van der Waals surface area contributed by atoms with Crippen LogP contribution in [0.3, 0.4) is 0 Å². The molecule has 0 aromatic rings. The Labute approximate surface area is 72.5 Å². The molecular formula is C9H15NO2. The number of hydrogen-bond donors (Lipinski definition) is 2. The fraction of sp³-hybridized carbons (Fsp3) is 0.667. The quantitative estimate of drug-likeness (QED) is 0.623. The normalized spacial score (nSPS) is 24.5. The Kier molecular flexibility index (Phi) is 3.80. The highest BCUT2D eigenvalue weighted by Gasteiger charge is 2.07. The second kappa shape index (κ2) is 4.93. The van der Waals surface area contributed by atoms with Gasteiger partial charge in [-0.3, -0.25) is 4.79 Å². The van der Waals surface area contributed by atoms with Crippen LogP contribution >= 0.6 is 0 Å². The van der Waals surface area contributed by atoms with Crippen LogP contribution in [0.25, 0.3) is 0 Å². The Balaban J connectivity index is 2.19. The third kappa shape index (κ3) is 3.53. The monoisotopic (exact) mass is 169 g/mol. The van der Waals surface area contributed by atoms with Gasteiger partial charge in [0.25, 0.3) is 0 Å². The van der Waals surface area contributed by atoms with Crippen LogP contribution in [0.1, 0.15) is 25.7 Å². The molecule has 1 unspecified atom stereocenters. The average Bonchev–Trinajstić information content (AvgIpc) is 2.05. The van der Waals surface area contributed by atoms with Crippen molar-refractivity contribution in [3.05, 3.63) is 12.2 Å². The second-order valence-corrected chi connectivity index (χ2v) is 3.08. The van der Waals surface area contributed by atoms with Gasteiger partial charge in [-0.25, -0.2) is 0 Å². The highest BCUT2D eigenvalue weighted by Crippen LogP contribution is 2.07. The van der Waals surface area contributed by atoms with E-state index in [1.54, 1.807) is 6.08 Å². The third-order valence-electron chi connectivity index (χ3n) is 2.01. The van der Waals surface area contributed by atoms with Crippen LogP contribution in [0, 0.1) is 0 Å². The highest BCUT2D eigenvalue weighted by molar-refractivity contribution is 5.68. The molecule has 0 saturated carbocycles. The van der Waals surface area contributed by atoms with E-state index in [4.69, 9.17) is 5.11 Å². The molecule has 1 saturated heterocycles. The van der Waals surface area contributed by atoms with Crippen molar-refractivity contribution in [2.45, 2.75) is 31.7 Å². The molecule has 2 N–H and O–H groups in total. The van der Waals surface area contributed by atoms with Gasteiger partial charge in [0.2, 0.25) is 0 Å². The highest BCUT2D eigenvalue weighted by atomic mass is 16.4. The van der Waals surface area contributed by atoms with Crippen LogP contribution in [0.5, 0.6) is 0 Å². The summed E-state index contributed by atoms with van der Waals surface area (Å²) in [6.07, 6.45) is 7.45. The zero-order valence-corrected chi connectivity index (χ0v) is 7.12. The van der Waals surface area contributed by atoms with Gasteiger partial charge in [0, 0.05) is 6.04 Å². The first-order chi connectivity index (χ1) is 5.79. The fourth-order valence-electron chi connectivity index (χ4n) is 1.38. The van der Waals surface area contributed by atoms with Crippen molar-refractivity contribution in [2.24, 2.45) is 0 Å². The van der Waals surface area contributed by atoms with E-state index in [1.165, 1.54) is 12.8 Å². The molecule has 0 bridgehead atoms. The fourth-order valence-corrected chi connectivity index (χ4v) is 1.38. The predicted octanol–water partition coefficient (Wildman–Crippen LogP) is 1.16. The minimum atomic E-state index is -0.762. The van der Waals surface area contributed by atoms with Crippen molar-refractivity contribution < 1.29 is 9.90 Å². The molecule has 1 aliphatic heterocycles. The average molecular weight is 169 g/mol. The van der Waals surface area contributed by atoms with E-state index in [1.807, 2.05) is 6.08 Å². The smallest absolute Gasteiger partial charge is 0.307 e. The molecule has 68 valence electrons. The molecule has 0 spiro atoms. The molecule has 0 amide bonds. The molecule has 1 aliphatic rings. The van der Waals surface area contributed by atoms with Crippen LogP contribution < -0.4 is 5.32 Å². The number of nitrogens with one attached hydrogen (secondary N) is 1. The van der Waals surface area contributed by atoms with E-state index < -0.39 is 5.97 Å². The van der Waals surface area contributed by atoms with Gasteiger partial charge in [-0.2, -0.15) is 0 Å². The molecule has 1 fully saturated rings. The SMILES string of the molecule is O=C(O)C/C=C/C1CCCCN1. The maximum Gasteiger partial charge on any atom is 0.307 e. The van der Waals surface area contributed by atoms with Crippen molar-refractivity contribution in [2.75, 3.05) is 6.54 Å². The molecule has 1 atom stereocenters. The van der Waals surface area contributed by atoms with Gasteiger partial charge in [0.05, 0.1) is 6.42 Å². The van der Waals surface area contributed by atoms with E-state index in [9.17, 15) is 4.79 Å². The lowest BCUT2D eigenvalue weighted by molar-refractivity contribution is -0.136. The minimum absolute atomic E-state index is 0.137. The van der Waals surface area contributed by atoms with Crippen LogP contribution in [-0.2, 0) is 4.79 Å². The number of carboxylic acids is 1. The third-order valence-corrected chi connectivity index (χ3v) is 2.01. The van der Waals surface area contributed by atoms with Crippen molar-refractivity contribution in [3.63, 3.8) is 0 Å². The first-order valence-electron chi connectivity index (χ1n) is 4.41. The van der Waals surface area contributed by atoms with Crippen molar-refractivity contribution in [1.82, 2.24) is 5.32 Å². The Hall–Kier alpha value is -0.830. The number of rotatable bonds is 3. The first-order valence-corrected chi connectivity index (χ1v) is 4.41. The summed E-state index contributed by atoms with van der Waals surface area (Å²) in [4.78, 5) is 10.2. The van der Waals surface area contributed by atoms with Gasteiger partial charge in [0.15, 0.2) is 0 Å². The van der Waals surface area contributed by atoms with E-state index in [-0.39, 0.29) is 6.42 Å². The lowest BCUT2D eigenvalue weighted by Crippen LogP contribution is -2.32. The Morgan fingerprint density at radius 3 is 3.00 bits per heavy atom. The van der Waals surface area contributed by atoms with Crippen molar-refractivity contribution >= 4 is 5.97 Å². The largest absolute Gasteiger partial charge is 0.481 e. The lowest BCUT2D eigenvalue weighted by atomic mass is 10.0. The van der Waals surface area contributed by atoms with E-state index >= 15 is 0 Å². The Morgan fingerprint density at radius 1 is 1.58 bits per heavy atom. The summed E-state index contributed by atoms with van der Waals surface area (Å²) in [7, 11) is 0. The minimum Gasteiger partial charge on any atom is -0.481 e. The van der Waals surface area contributed by atoms with E-state index in [2.05, 4.69) is 5.32 Å². The molecule has 0 radical (unpaired) electrons. The van der Waals surface area contributed by atoms with Crippen LogP contribution in [0.15, 0.2) is 12.2 Å². The van der Waals surface area contributed by atoms with Crippen molar-refractivity contribution in [1.29, 1.82) is 0 Å². The molecule has 3 heteroatoms. The molecule has 0 aliphatic carbocycles. The van der Waals surface area contributed by atoms with Gasteiger partial charge < -0.3 is 10.4 Å². The zero-order valence-electron chi connectivity index (χ0n) is 7.12. The summed E-state index contributed by atoms with van der Waals surface area (Å²) in [6.45, 7) is 1.06. The number of carboxylic acid groups (broad SMARTS) is 1. The van der Waals surface area contributed by atoms with Gasteiger partial charge in [-0.15, -0.1) is 0 Å². The molecule has 12 heavy (non-hydrogen) atoms. The summed E-state index contributed by atoms with van der Waals surface area (Å²) in [5.74, 6) is -0.762.